The van der Waals surface area contributed by atoms with Gasteiger partial charge in [-0.1, -0.05) is 0 Å². The van der Waals surface area contributed by atoms with Crippen molar-refractivity contribution in [3.05, 3.63) is 0 Å². The van der Waals surface area contributed by atoms with E-state index in [1.165, 1.54) is 0 Å². The number of nitrogens with zero attached hydrogens (tertiary/aromatic N) is 1. The van der Waals surface area contributed by atoms with Crippen LogP contribution in [0.4, 0.5) is 0 Å². The molecule has 4 heteroatoms. The first kappa shape index (κ1) is 7.04. The summed E-state index contributed by atoms with van der Waals surface area (Å²) >= 11 is 4.24. The Labute approximate surface area is 50.1 Å². The van der Waals surface area contributed by atoms with E-state index in [2.05, 4.69) is 17.0 Å². The van der Waals surface area contributed by atoms with Gasteiger partial charge in [-0.25, -0.2) is 0 Å². The maximum absolute atomic E-state index is 4.81. The average molecular weight is 135 g/mol. The van der Waals surface area contributed by atoms with E-state index in [9.17, 15) is 0 Å². The van der Waals surface area contributed by atoms with Gasteiger partial charge in [0.2, 0.25) is 0 Å². The Morgan fingerprint density at radius 3 is 1.86 bits per heavy atom. The Hall–Kier alpha value is 0.0369. The summed E-state index contributed by atoms with van der Waals surface area (Å²) in [5.41, 5.74) is 0. The van der Waals surface area contributed by atoms with Crippen molar-refractivity contribution in [3.63, 3.8) is 0 Å². The van der Waals surface area contributed by atoms with Gasteiger partial charge in [-0.2, -0.15) is 0 Å². The van der Waals surface area contributed by atoms with Crippen molar-refractivity contribution in [2.24, 2.45) is 4.53 Å². The van der Waals surface area contributed by atoms with Gasteiger partial charge in [-0.3, -0.25) is 0 Å². The van der Waals surface area contributed by atoms with E-state index in [1.54, 1.807) is 0 Å². The van der Waals surface area contributed by atoms with Gasteiger partial charge in [-0.15, -0.1) is 0 Å². The van der Waals surface area contributed by atoms with Crippen LogP contribution in [0, 0.1) is 0 Å². The first-order chi connectivity index (χ1) is 3.06. The van der Waals surface area contributed by atoms with Gasteiger partial charge in [0.15, 0.2) is 0 Å². The van der Waals surface area contributed by atoms with Crippen molar-refractivity contribution in [2.75, 3.05) is 0 Å². The largest absolute Gasteiger partial charge is 0.446 e. The summed E-state index contributed by atoms with van der Waals surface area (Å²) in [4.78, 5) is 0. The molecule has 0 heterocycles. The zero-order valence-electron chi connectivity index (χ0n) is 4.76. The molecule has 0 rings (SSSR count). The van der Waals surface area contributed by atoms with Gasteiger partial charge in [-0.05, 0) is 24.2 Å². The van der Waals surface area contributed by atoms with E-state index in [0.717, 1.165) is 0 Å². The summed E-state index contributed by atoms with van der Waals surface area (Å²) in [5.74, 6) is 0. The molecular weight excluding hydrogens is 126 g/mol. The number of rotatable bonds is 2. The summed E-state index contributed by atoms with van der Waals surface area (Å²) in [5, 5.41) is 0. The molecule has 0 aliphatic rings. The standard InChI is InChI=1S/C3H9NOSSi/c1-7(2,3)5-4-6/h1-3H3. The first-order valence-corrected chi connectivity index (χ1v) is 5.84. The predicted molar refractivity (Wildman–Crippen MR) is 34.2 cm³/mol. The second-order valence-electron chi connectivity index (χ2n) is 2.28. The van der Waals surface area contributed by atoms with E-state index >= 15 is 0 Å². The lowest BCUT2D eigenvalue weighted by atomic mass is 11.8. The number of hydrogen-bond donors (Lipinski definition) is 0. The molecule has 0 amide bonds. The van der Waals surface area contributed by atoms with Crippen molar-refractivity contribution in [1.82, 2.24) is 0 Å². The average Bonchev–Trinajstić information content (AvgIpc) is 1.30. The summed E-state index contributed by atoms with van der Waals surface area (Å²) in [6.45, 7) is 6.09. The molecule has 0 saturated heterocycles. The molecule has 0 aliphatic heterocycles. The third-order valence-corrected chi connectivity index (χ3v) is 1.16. The molecule has 7 heavy (non-hydrogen) atoms. The third-order valence-electron chi connectivity index (χ3n) is 0.311. The van der Waals surface area contributed by atoms with Crippen molar-refractivity contribution in [1.29, 1.82) is 0 Å². The summed E-state index contributed by atoms with van der Waals surface area (Å²) in [6.07, 6.45) is 0. The fourth-order valence-corrected chi connectivity index (χ4v) is 1.01. The molecule has 0 spiro atoms. The quantitative estimate of drug-likeness (QED) is 0.422. The van der Waals surface area contributed by atoms with E-state index in [1.807, 2.05) is 19.6 Å². The minimum atomic E-state index is -1.43. The van der Waals surface area contributed by atoms with Crippen LogP contribution in [0.15, 0.2) is 4.53 Å². The van der Waals surface area contributed by atoms with Gasteiger partial charge in [0.25, 0.3) is 8.32 Å². The molecule has 0 saturated carbocycles. The van der Waals surface area contributed by atoms with E-state index in [4.69, 9.17) is 4.53 Å². The van der Waals surface area contributed by atoms with Crippen LogP contribution in [-0.4, -0.2) is 8.32 Å². The molecular formula is C3H9NOSSi. The van der Waals surface area contributed by atoms with Crippen LogP contribution in [0.3, 0.4) is 0 Å². The minimum absolute atomic E-state index is 1.43. The lowest BCUT2D eigenvalue weighted by Gasteiger charge is -2.09. The molecule has 0 fully saturated rings. The topological polar surface area (TPSA) is 21.6 Å². The Balaban J connectivity index is 3.34. The first-order valence-electron chi connectivity index (χ1n) is 2.07. The van der Waals surface area contributed by atoms with Gasteiger partial charge < -0.3 is 4.53 Å². The highest BCUT2D eigenvalue weighted by molar-refractivity contribution is 7.47. The molecule has 42 valence electrons. The highest BCUT2D eigenvalue weighted by Gasteiger charge is 2.14. The Bertz CT molecular complexity index is 69.8. The van der Waals surface area contributed by atoms with Crippen LogP contribution >= 0.6 is 0 Å². The van der Waals surface area contributed by atoms with E-state index in [-0.39, 0.29) is 0 Å². The molecule has 0 aromatic heterocycles. The lowest BCUT2D eigenvalue weighted by molar-refractivity contribution is 0.346. The minimum Gasteiger partial charge on any atom is -0.446 e. The molecule has 2 nitrogen and oxygen atoms in total. The van der Waals surface area contributed by atoms with Crippen LogP contribution in [0.2, 0.25) is 19.6 Å². The third kappa shape index (κ3) is 6.04. The summed E-state index contributed by atoms with van der Waals surface area (Å²) in [7, 11) is -1.43. The molecule has 0 aliphatic carbocycles. The van der Waals surface area contributed by atoms with Gasteiger partial charge in [0, 0.05) is 0 Å². The second-order valence-corrected chi connectivity index (χ2v) is 6.83. The normalized spacial score (nSPS) is 10.7. The van der Waals surface area contributed by atoms with E-state index < -0.39 is 8.32 Å². The van der Waals surface area contributed by atoms with Crippen molar-refractivity contribution >= 4 is 20.7 Å². The van der Waals surface area contributed by atoms with Gasteiger partial charge in [0.05, 0.1) is 12.4 Å². The lowest BCUT2D eigenvalue weighted by Crippen LogP contribution is -2.21. The van der Waals surface area contributed by atoms with Crippen LogP contribution in [-0.2, 0) is 17.0 Å². The summed E-state index contributed by atoms with van der Waals surface area (Å²) < 4.78 is 7.96. The maximum Gasteiger partial charge on any atom is 0.279 e. The van der Waals surface area contributed by atoms with Crippen molar-refractivity contribution in [2.45, 2.75) is 19.6 Å². The molecule has 0 N–H and O–H groups in total. The molecule has 0 bridgehead atoms. The fourth-order valence-electron chi connectivity index (χ4n) is 0.112. The molecule has 0 aromatic rings. The monoisotopic (exact) mass is 135 g/mol. The zero-order chi connectivity index (χ0) is 5.91. The molecule has 0 unspecified atom stereocenters. The SMILES string of the molecule is C[Si](C)(C)ON=S. The summed E-state index contributed by atoms with van der Waals surface area (Å²) in [6, 6.07) is 0. The molecule has 0 radical (unpaired) electrons. The Kier molecular flexibility index (Phi) is 2.38. The molecule has 0 atom stereocenters. The van der Waals surface area contributed by atoms with Crippen LogP contribution < -0.4 is 0 Å². The Morgan fingerprint density at radius 2 is 1.86 bits per heavy atom. The maximum atomic E-state index is 4.81. The van der Waals surface area contributed by atoms with Crippen LogP contribution in [0.5, 0.6) is 0 Å². The van der Waals surface area contributed by atoms with Crippen LogP contribution in [0.1, 0.15) is 0 Å². The van der Waals surface area contributed by atoms with Gasteiger partial charge in [0.1, 0.15) is 0 Å². The Morgan fingerprint density at radius 1 is 1.43 bits per heavy atom. The molecule has 0 aromatic carbocycles. The highest BCUT2D eigenvalue weighted by atomic mass is 32.1. The predicted octanol–water partition coefficient (Wildman–Crippen LogP) is 1.48. The van der Waals surface area contributed by atoms with E-state index in [0.29, 0.717) is 0 Å². The second kappa shape index (κ2) is 2.37. The van der Waals surface area contributed by atoms with Crippen LogP contribution in [0.25, 0.3) is 0 Å². The zero-order valence-corrected chi connectivity index (χ0v) is 6.58. The smallest absolute Gasteiger partial charge is 0.279 e. The fraction of sp³-hybridized carbons (Fsp3) is 1.00. The highest BCUT2D eigenvalue weighted by Crippen LogP contribution is 2.00. The van der Waals surface area contributed by atoms with Crippen molar-refractivity contribution < 1.29 is 4.53 Å². The number of hydrogen-bond acceptors (Lipinski definition) is 3. The van der Waals surface area contributed by atoms with Crippen molar-refractivity contribution in [3.8, 4) is 0 Å². The van der Waals surface area contributed by atoms with Gasteiger partial charge >= 0.3 is 0 Å².